The number of nitrogen functional groups attached to an aromatic ring is 1. The monoisotopic (exact) mass is 548 g/mol. The standard InChI is InChI=1S/C29H33FN6O4/c1-29(2,3)40-28(38)35-13-11-21(12-14-35)36-26(32)23(16-31)25(34-36)19-7-5-18(6-8-19)17-33-27(37)22-15-20(30)9-10-24(22)39-4/h5-10,15,21H,11-14,17,32H2,1-4H3,(H,33,37). The van der Waals surface area contributed by atoms with E-state index in [4.69, 9.17) is 20.3 Å². The number of hydrogen-bond donors (Lipinski definition) is 2. The van der Waals surface area contributed by atoms with Gasteiger partial charge in [0.15, 0.2) is 0 Å². The minimum Gasteiger partial charge on any atom is -0.496 e. The number of benzene rings is 2. The van der Waals surface area contributed by atoms with Gasteiger partial charge in [-0.25, -0.2) is 13.9 Å². The zero-order chi connectivity index (χ0) is 29.0. The van der Waals surface area contributed by atoms with E-state index in [2.05, 4.69) is 11.4 Å². The fourth-order valence-electron chi connectivity index (χ4n) is 4.57. The number of carbonyl (C=O) groups is 2. The number of nitrogens with zero attached hydrogens (tertiary/aromatic N) is 4. The number of anilines is 1. The molecule has 1 aromatic heterocycles. The highest BCUT2D eigenvalue weighted by Gasteiger charge is 2.30. The molecule has 2 amide bonds. The fraction of sp³-hybridized carbons (Fsp3) is 0.379. The Labute approximate surface area is 232 Å². The molecule has 0 spiro atoms. The Balaban J connectivity index is 1.44. The van der Waals surface area contributed by atoms with Gasteiger partial charge in [0, 0.05) is 25.2 Å². The van der Waals surface area contributed by atoms with Gasteiger partial charge >= 0.3 is 6.09 Å². The SMILES string of the molecule is COc1ccc(F)cc1C(=O)NCc1ccc(-c2nn(C3CCN(C(=O)OC(C)(C)C)CC3)c(N)c2C#N)cc1. The van der Waals surface area contributed by atoms with Gasteiger partial charge in [0.05, 0.1) is 18.7 Å². The Bertz CT molecular complexity index is 1430. The van der Waals surface area contributed by atoms with Crippen molar-refractivity contribution >= 4 is 17.8 Å². The van der Waals surface area contributed by atoms with Crippen molar-refractivity contribution in [1.29, 1.82) is 5.26 Å². The van der Waals surface area contributed by atoms with E-state index in [1.165, 1.54) is 19.2 Å². The Kier molecular flexibility index (Phi) is 8.28. The summed E-state index contributed by atoms with van der Waals surface area (Å²) in [4.78, 5) is 26.7. The van der Waals surface area contributed by atoms with Crippen LogP contribution in [0.25, 0.3) is 11.3 Å². The highest BCUT2D eigenvalue weighted by molar-refractivity contribution is 5.96. The van der Waals surface area contributed by atoms with Crippen LogP contribution < -0.4 is 15.8 Å². The topological polar surface area (TPSA) is 136 Å². The smallest absolute Gasteiger partial charge is 0.410 e. The normalized spacial score (nSPS) is 13.9. The van der Waals surface area contributed by atoms with E-state index in [0.717, 1.165) is 11.6 Å². The first-order valence-electron chi connectivity index (χ1n) is 13.0. The number of halogens is 1. The van der Waals surface area contributed by atoms with Gasteiger partial charge in [-0.2, -0.15) is 10.4 Å². The number of hydrogen-bond acceptors (Lipinski definition) is 7. The van der Waals surface area contributed by atoms with Crippen molar-refractivity contribution in [1.82, 2.24) is 20.0 Å². The van der Waals surface area contributed by atoms with Crippen LogP contribution >= 0.6 is 0 Å². The molecule has 11 heteroatoms. The lowest BCUT2D eigenvalue weighted by Crippen LogP contribution is -2.42. The molecule has 210 valence electrons. The first kappa shape index (κ1) is 28.4. The Hall–Kier alpha value is -4.59. The molecule has 2 heterocycles. The van der Waals surface area contributed by atoms with Crippen molar-refractivity contribution in [3.63, 3.8) is 0 Å². The summed E-state index contributed by atoms with van der Waals surface area (Å²) in [5, 5.41) is 17.3. The summed E-state index contributed by atoms with van der Waals surface area (Å²) in [6.45, 7) is 6.70. The molecule has 0 aliphatic carbocycles. The zero-order valence-corrected chi connectivity index (χ0v) is 23.0. The maximum Gasteiger partial charge on any atom is 0.410 e. The van der Waals surface area contributed by atoms with Crippen LogP contribution in [0.3, 0.4) is 0 Å². The summed E-state index contributed by atoms with van der Waals surface area (Å²) in [6, 6.07) is 13.1. The molecule has 0 bridgehead atoms. The number of ether oxygens (including phenoxy) is 2. The van der Waals surface area contributed by atoms with Crippen LogP contribution in [-0.4, -0.2) is 52.5 Å². The largest absolute Gasteiger partial charge is 0.496 e. The fourth-order valence-corrected chi connectivity index (χ4v) is 4.57. The average Bonchev–Trinajstić information content (AvgIpc) is 3.27. The van der Waals surface area contributed by atoms with E-state index in [-0.39, 0.29) is 41.4 Å². The van der Waals surface area contributed by atoms with Gasteiger partial charge in [-0.3, -0.25) is 4.79 Å². The Morgan fingerprint density at radius 1 is 1.18 bits per heavy atom. The predicted octanol–water partition coefficient (Wildman–Crippen LogP) is 4.65. The minimum absolute atomic E-state index is 0.0613. The van der Waals surface area contributed by atoms with Crippen molar-refractivity contribution in [2.45, 2.75) is 51.8 Å². The molecule has 2 aromatic carbocycles. The van der Waals surface area contributed by atoms with E-state index in [1.807, 2.05) is 45.0 Å². The third-order valence-corrected chi connectivity index (χ3v) is 6.61. The van der Waals surface area contributed by atoms with Crippen LogP contribution in [0.2, 0.25) is 0 Å². The number of nitrogens with two attached hydrogens (primary N) is 1. The van der Waals surface area contributed by atoms with E-state index >= 15 is 0 Å². The average molecular weight is 549 g/mol. The van der Waals surface area contributed by atoms with Crippen LogP contribution in [0.1, 0.15) is 61.1 Å². The second kappa shape index (κ2) is 11.7. The number of nitrogens with one attached hydrogen (secondary N) is 1. The quantitative estimate of drug-likeness (QED) is 0.458. The molecular weight excluding hydrogens is 515 g/mol. The Morgan fingerprint density at radius 3 is 2.45 bits per heavy atom. The number of aromatic nitrogens is 2. The van der Waals surface area contributed by atoms with Crippen molar-refractivity contribution in [2.24, 2.45) is 0 Å². The van der Waals surface area contributed by atoms with E-state index in [0.29, 0.717) is 37.2 Å². The predicted molar refractivity (Wildman–Crippen MR) is 147 cm³/mol. The van der Waals surface area contributed by atoms with Crippen molar-refractivity contribution in [2.75, 3.05) is 25.9 Å². The van der Waals surface area contributed by atoms with Crippen molar-refractivity contribution in [3.05, 3.63) is 65.0 Å². The second-order valence-electron chi connectivity index (χ2n) is 10.6. The third kappa shape index (κ3) is 6.34. The number of piperidine rings is 1. The van der Waals surface area contributed by atoms with Crippen LogP contribution in [0, 0.1) is 17.1 Å². The summed E-state index contributed by atoms with van der Waals surface area (Å²) < 4.78 is 25.9. The maximum absolute atomic E-state index is 13.6. The number of rotatable bonds is 6. The molecule has 0 atom stereocenters. The number of likely N-dealkylation sites (tertiary alicyclic amines) is 1. The van der Waals surface area contributed by atoms with E-state index < -0.39 is 17.3 Å². The highest BCUT2D eigenvalue weighted by atomic mass is 19.1. The van der Waals surface area contributed by atoms with Gasteiger partial charge < -0.3 is 25.4 Å². The second-order valence-corrected chi connectivity index (χ2v) is 10.6. The zero-order valence-electron chi connectivity index (χ0n) is 23.0. The van der Waals surface area contributed by atoms with Gasteiger partial charge in [-0.15, -0.1) is 0 Å². The summed E-state index contributed by atoms with van der Waals surface area (Å²) in [5.41, 5.74) is 8.15. The van der Waals surface area contributed by atoms with Crippen LogP contribution in [0.15, 0.2) is 42.5 Å². The first-order valence-corrected chi connectivity index (χ1v) is 13.0. The number of nitriles is 1. The summed E-state index contributed by atoms with van der Waals surface area (Å²) in [7, 11) is 1.42. The van der Waals surface area contributed by atoms with E-state index in [9.17, 15) is 19.2 Å². The summed E-state index contributed by atoms with van der Waals surface area (Å²) >= 11 is 0. The van der Waals surface area contributed by atoms with Crippen LogP contribution in [0.5, 0.6) is 5.75 Å². The third-order valence-electron chi connectivity index (χ3n) is 6.61. The minimum atomic E-state index is -0.563. The van der Waals surface area contributed by atoms with Crippen molar-refractivity contribution < 1.29 is 23.5 Å². The molecule has 3 aromatic rings. The van der Waals surface area contributed by atoms with E-state index in [1.54, 1.807) is 9.58 Å². The van der Waals surface area contributed by atoms with Gasteiger partial charge in [-0.1, -0.05) is 24.3 Å². The molecule has 4 rings (SSSR count). The van der Waals surface area contributed by atoms with Gasteiger partial charge in [0.25, 0.3) is 5.91 Å². The highest BCUT2D eigenvalue weighted by Crippen LogP contribution is 2.32. The lowest BCUT2D eigenvalue weighted by atomic mass is 10.0. The van der Waals surface area contributed by atoms with Crippen molar-refractivity contribution in [3.8, 4) is 23.1 Å². The van der Waals surface area contributed by atoms with Crippen LogP contribution in [0.4, 0.5) is 15.0 Å². The van der Waals surface area contributed by atoms with Gasteiger partial charge in [0.1, 0.15) is 40.3 Å². The molecule has 0 radical (unpaired) electrons. The molecule has 1 saturated heterocycles. The number of carbonyl (C=O) groups excluding carboxylic acids is 2. The molecule has 10 nitrogen and oxygen atoms in total. The molecular formula is C29H33FN6O4. The van der Waals surface area contributed by atoms with Gasteiger partial charge in [0.2, 0.25) is 0 Å². The Morgan fingerprint density at radius 2 is 1.85 bits per heavy atom. The molecule has 40 heavy (non-hydrogen) atoms. The molecule has 1 aliphatic heterocycles. The molecule has 0 saturated carbocycles. The molecule has 1 aliphatic rings. The summed E-state index contributed by atoms with van der Waals surface area (Å²) in [5.74, 6) is -0.428. The van der Waals surface area contributed by atoms with Crippen LogP contribution in [-0.2, 0) is 11.3 Å². The molecule has 1 fully saturated rings. The number of amides is 2. The molecule has 0 unspecified atom stereocenters. The lowest BCUT2D eigenvalue weighted by Gasteiger charge is -2.33. The molecule has 3 N–H and O–H groups in total. The lowest BCUT2D eigenvalue weighted by molar-refractivity contribution is 0.0185. The maximum atomic E-state index is 13.6. The van der Waals surface area contributed by atoms with Gasteiger partial charge in [-0.05, 0) is 57.4 Å². The first-order chi connectivity index (χ1) is 19.0. The summed E-state index contributed by atoms with van der Waals surface area (Å²) in [6.07, 6.45) is 0.915. The number of methoxy groups -OCH3 is 1.